The number of nitrogens with one attached hydrogen (secondary N) is 2. The number of hydrogen-bond acceptors (Lipinski definition) is 8. The highest BCUT2D eigenvalue weighted by Crippen LogP contribution is 2.35. The molecule has 190 valence electrons. The number of aromatic nitrogens is 6. The van der Waals surface area contributed by atoms with Crippen LogP contribution in [0, 0.1) is 0 Å². The molecule has 9 nitrogen and oxygen atoms in total. The highest BCUT2D eigenvalue weighted by Gasteiger charge is 2.18. The van der Waals surface area contributed by atoms with Gasteiger partial charge in [-0.15, -0.1) is 11.3 Å². The molecule has 0 saturated heterocycles. The van der Waals surface area contributed by atoms with Crippen LogP contribution in [0.1, 0.15) is 16.6 Å². The fraction of sp³-hybridized carbons (Fsp3) is 0.179. The molecule has 38 heavy (non-hydrogen) atoms. The standard InChI is InChI=1S/C28H25N7O2S/c1-16(36)23-6-7-24(38-23)27-26-22(8-9-30-27)31-28(32-26)25-20-13-17(4-5-21(20)33-34-25)18-12-19(15-29-14-18)37-11-10-35(2)3/h4-9,12-15H,10-11H2,1-3H3,(H,31,32)(H,33,34). The van der Waals surface area contributed by atoms with E-state index < -0.39 is 0 Å². The highest BCUT2D eigenvalue weighted by molar-refractivity contribution is 7.17. The van der Waals surface area contributed by atoms with Crippen LogP contribution in [0.4, 0.5) is 0 Å². The van der Waals surface area contributed by atoms with E-state index in [-0.39, 0.29) is 5.78 Å². The first-order valence-corrected chi connectivity index (χ1v) is 13.0. The topological polar surface area (TPSA) is 113 Å². The van der Waals surface area contributed by atoms with Crippen LogP contribution in [-0.2, 0) is 0 Å². The second kappa shape index (κ2) is 9.81. The van der Waals surface area contributed by atoms with Crippen LogP contribution in [0.5, 0.6) is 5.75 Å². The minimum absolute atomic E-state index is 0.0378. The van der Waals surface area contributed by atoms with Gasteiger partial charge in [0.2, 0.25) is 0 Å². The van der Waals surface area contributed by atoms with Crippen molar-refractivity contribution >= 4 is 39.1 Å². The zero-order valence-electron chi connectivity index (χ0n) is 21.1. The van der Waals surface area contributed by atoms with Crippen molar-refractivity contribution in [1.29, 1.82) is 0 Å². The van der Waals surface area contributed by atoms with Gasteiger partial charge in [-0.3, -0.25) is 19.9 Å². The monoisotopic (exact) mass is 523 g/mol. The van der Waals surface area contributed by atoms with Crippen LogP contribution in [-0.4, -0.2) is 68.1 Å². The third-order valence-corrected chi connectivity index (χ3v) is 7.42. The maximum atomic E-state index is 11.8. The molecule has 1 aromatic carbocycles. The first-order chi connectivity index (χ1) is 18.5. The Morgan fingerprint density at radius 1 is 1.03 bits per heavy atom. The predicted molar refractivity (Wildman–Crippen MR) is 150 cm³/mol. The number of carbonyl (C=O) groups is 1. The number of thiophene rings is 1. The summed E-state index contributed by atoms with van der Waals surface area (Å²) in [5.74, 6) is 1.41. The Kier molecular flexibility index (Phi) is 6.18. The van der Waals surface area contributed by atoms with E-state index in [4.69, 9.17) is 9.72 Å². The number of H-pyrrole nitrogens is 2. The SMILES string of the molecule is CC(=O)c1ccc(-c2nccc3[nH]c(-c4n[nH]c5ccc(-c6cncc(OCCN(C)C)c6)cc45)nc23)s1. The van der Waals surface area contributed by atoms with Gasteiger partial charge in [0, 0.05) is 29.9 Å². The lowest BCUT2D eigenvalue weighted by Crippen LogP contribution is -2.19. The Morgan fingerprint density at radius 2 is 1.92 bits per heavy atom. The average Bonchev–Trinajstić information content (AvgIpc) is 3.66. The quantitative estimate of drug-likeness (QED) is 0.256. The van der Waals surface area contributed by atoms with Crippen LogP contribution in [0.2, 0.25) is 0 Å². The number of imidazole rings is 1. The first-order valence-electron chi connectivity index (χ1n) is 12.1. The zero-order chi connectivity index (χ0) is 26.2. The molecule has 5 heterocycles. The lowest BCUT2D eigenvalue weighted by Gasteiger charge is -2.11. The number of aromatic amines is 2. The van der Waals surface area contributed by atoms with Gasteiger partial charge in [0.15, 0.2) is 11.6 Å². The van der Waals surface area contributed by atoms with Gasteiger partial charge in [0.1, 0.15) is 29.3 Å². The number of ketones is 1. The van der Waals surface area contributed by atoms with Crippen molar-refractivity contribution in [3.63, 3.8) is 0 Å². The predicted octanol–water partition coefficient (Wildman–Crippen LogP) is 5.43. The molecule has 0 fully saturated rings. The molecule has 0 aliphatic heterocycles. The molecule has 0 saturated carbocycles. The number of hydrogen-bond donors (Lipinski definition) is 2. The van der Waals surface area contributed by atoms with Crippen molar-refractivity contribution in [3.05, 3.63) is 65.9 Å². The van der Waals surface area contributed by atoms with Crippen LogP contribution in [0.15, 0.2) is 61.1 Å². The third kappa shape index (κ3) is 4.55. The molecule has 6 rings (SSSR count). The van der Waals surface area contributed by atoms with Crippen molar-refractivity contribution in [2.24, 2.45) is 0 Å². The van der Waals surface area contributed by atoms with Crippen LogP contribution in [0.25, 0.3) is 55.2 Å². The minimum Gasteiger partial charge on any atom is -0.491 e. The summed E-state index contributed by atoms with van der Waals surface area (Å²) in [5, 5.41) is 8.62. The van der Waals surface area contributed by atoms with Crippen molar-refractivity contribution in [2.75, 3.05) is 27.2 Å². The minimum atomic E-state index is 0.0378. The van der Waals surface area contributed by atoms with E-state index in [9.17, 15) is 4.79 Å². The van der Waals surface area contributed by atoms with Gasteiger partial charge in [-0.05, 0) is 63.0 Å². The molecule has 0 atom stereocenters. The largest absolute Gasteiger partial charge is 0.491 e. The molecule has 0 bridgehead atoms. The molecular weight excluding hydrogens is 498 g/mol. The van der Waals surface area contributed by atoms with Gasteiger partial charge in [-0.25, -0.2) is 4.98 Å². The number of rotatable bonds is 8. The molecule has 6 aromatic rings. The van der Waals surface area contributed by atoms with E-state index in [0.29, 0.717) is 23.0 Å². The molecule has 0 radical (unpaired) electrons. The fourth-order valence-corrected chi connectivity index (χ4v) is 5.16. The number of Topliss-reactive ketones (excluding diaryl/α,β-unsaturated/α-hetero) is 1. The van der Waals surface area contributed by atoms with Gasteiger partial charge in [0.05, 0.1) is 27.0 Å². The number of benzene rings is 1. The van der Waals surface area contributed by atoms with E-state index >= 15 is 0 Å². The summed E-state index contributed by atoms with van der Waals surface area (Å²) >= 11 is 1.42. The van der Waals surface area contributed by atoms with Crippen molar-refractivity contribution in [2.45, 2.75) is 6.92 Å². The van der Waals surface area contributed by atoms with Crippen molar-refractivity contribution < 1.29 is 9.53 Å². The zero-order valence-corrected chi connectivity index (χ0v) is 22.0. The Hall–Kier alpha value is -4.41. The average molecular weight is 524 g/mol. The Balaban J connectivity index is 1.37. The summed E-state index contributed by atoms with van der Waals surface area (Å²) in [7, 11) is 4.03. The summed E-state index contributed by atoms with van der Waals surface area (Å²) in [6, 6.07) is 13.8. The molecule has 0 unspecified atom stereocenters. The van der Waals surface area contributed by atoms with E-state index in [1.165, 1.54) is 11.3 Å². The third-order valence-electron chi connectivity index (χ3n) is 6.23. The van der Waals surface area contributed by atoms with E-state index in [1.54, 1.807) is 19.3 Å². The molecule has 5 aromatic heterocycles. The summed E-state index contributed by atoms with van der Waals surface area (Å²) in [5.41, 5.74) is 5.89. The molecule has 0 aliphatic rings. The van der Waals surface area contributed by atoms with Crippen LogP contribution in [0.3, 0.4) is 0 Å². The number of pyridine rings is 2. The lowest BCUT2D eigenvalue weighted by molar-refractivity contribution is 0.102. The molecule has 0 spiro atoms. The number of nitrogens with zero attached hydrogens (tertiary/aromatic N) is 5. The highest BCUT2D eigenvalue weighted by atomic mass is 32.1. The summed E-state index contributed by atoms with van der Waals surface area (Å²) in [4.78, 5) is 32.7. The van der Waals surface area contributed by atoms with Crippen LogP contribution < -0.4 is 4.74 Å². The van der Waals surface area contributed by atoms with E-state index in [2.05, 4.69) is 36.1 Å². The van der Waals surface area contributed by atoms with Gasteiger partial charge in [-0.2, -0.15) is 5.10 Å². The lowest BCUT2D eigenvalue weighted by atomic mass is 10.0. The van der Waals surface area contributed by atoms with Crippen molar-refractivity contribution in [3.8, 4) is 39.0 Å². The van der Waals surface area contributed by atoms with Crippen LogP contribution >= 0.6 is 11.3 Å². The van der Waals surface area contributed by atoms with Gasteiger partial charge < -0.3 is 14.6 Å². The normalized spacial score (nSPS) is 11.6. The number of fused-ring (bicyclic) bond motifs is 2. The first kappa shape index (κ1) is 24.0. The number of likely N-dealkylation sites (N-methyl/N-ethyl adjacent to an activating group) is 1. The Labute approximate surface area is 222 Å². The Bertz CT molecular complexity index is 1780. The summed E-state index contributed by atoms with van der Waals surface area (Å²) < 4.78 is 5.88. The molecule has 0 amide bonds. The smallest absolute Gasteiger partial charge is 0.169 e. The van der Waals surface area contributed by atoms with Gasteiger partial charge in [-0.1, -0.05) is 6.07 Å². The molecule has 2 N–H and O–H groups in total. The molecule has 10 heteroatoms. The summed E-state index contributed by atoms with van der Waals surface area (Å²) in [6.45, 7) is 2.99. The molecule has 0 aliphatic carbocycles. The second-order valence-corrected chi connectivity index (χ2v) is 10.3. The summed E-state index contributed by atoms with van der Waals surface area (Å²) in [6.07, 6.45) is 5.30. The number of ether oxygens (including phenoxy) is 1. The maximum absolute atomic E-state index is 11.8. The Morgan fingerprint density at radius 3 is 2.74 bits per heavy atom. The van der Waals surface area contributed by atoms with E-state index in [1.807, 2.05) is 56.7 Å². The van der Waals surface area contributed by atoms with Crippen molar-refractivity contribution in [1.82, 2.24) is 35.0 Å². The second-order valence-electron chi connectivity index (χ2n) is 9.25. The molecular formula is C28H25N7O2S. The van der Waals surface area contributed by atoms with Gasteiger partial charge in [0.25, 0.3) is 0 Å². The number of carbonyl (C=O) groups excluding carboxylic acids is 1. The van der Waals surface area contributed by atoms with Gasteiger partial charge >= 0.3 is 0 Å². The maximum Gasteiger partial charge on any atom is 0.169 e. The van der Waals surface area contributed by atoms with E-state index in [0.717, 1.165) is 55.9 Å². The fourth-order valence-electron chi connectivity index (χ4n) is 4.26.